The lowest BCUT2D eigenvalue weighted by molar-refractivity contribution is -0.192. The largest absolute Gasteiger partial charge is 0.490 e. The van der Waals surface area contributed by atoms with Crippen LogP contribution in [0.3, 0.4) is 0 Å². The molecule has 4 N–H and O–H groups in total. The fourth-order valence-corrected chi connectivity index (χ4v) is 0. The molecule has 0 bridgehead atoms. The summed E-state index contributed by atoms with van der Waals surface area (Å²) in [6, 6.07) is 0. The maximum Gasteiger partial charge on any atom is 0.490 e. The molecule has 0 spiro atoms. The van der Waals surface area contributed by atoms with Crippen molar-refractivity contribution in [1.82, 2.24) is 0 Å². The molecule has 0 aromatic carbocycles. The highest BCUT2D eigenvalue weighted by molar-refractivity contribution is 5.81. The highest BCUT2D eigenvalue weighted by Gasteiger charge is 2.38. The van der Waals surface area contributed by atoms with E-state index in [1.165, 1.54) is 13.8 Å². The number of primary amides is 1. The zero-order valence-electron chi connectivity index (χ0n) is 7.42. The highest BCUT2D eigenvalue weighted by atomic mass is 19.4. The number of carboxylic acids is 1. The summed E-state index contributed by atoms with van der Waals surface area (Å²) in [6.45, 7) is 2.69. The first-order valence-electron chi connectivity index (χ1n) is 3.21. The van der Waals surface area contributed by atoms with Gasteiger partial charge in [0.1, 0.15) is 5.60 Å². The smallest absolute Gasteiger partial charge is 0.475 e. The van der Waals surface area contributed by atoms with Crippen LogP contribution in [0, 0.1) is 0 Å². The molecule has 0 aliphatic carbocycles. The molecule has 0 saturated carbocycles. The van der Waals surface area contributed by atoms with Gasteiger partial charge in [-0.2, -0.15) is 13.2 Å². The van der Waals surface area contributed by atoms with Gasteiger partial charge in [-0.1, -0.05) is 0 Å². The summed E-state index contributed by atoms with van der Waals surface area (Å²) in [5.41, 5.74) is 3.32. The Balaban J connectivity index is 0. The molecular weight excluding hydrogens is 207 g/mol. The Kier molecular flexibility index (Phi) is 5.20. The van der Waals surface area contributed by atoms with Crippen LogP contribution < -0.4 is 5.73 Å². The second kappa shape index (κ2) is 4.80. The molecule has 0 unspecified atom stereocenters. The van der Waals surface area contributed by atoms with Gasteiger partial charge in [-0.05, 0) is 13.8 Å². The Bertz CT molecular complexity index is 194. The number of alkyl halides is 3. The summed E-state index contributed by atoms with van der Waals surface area (Å²) in [5.74, 6) is -3.46. The Morgan fingerprint density at radius 3 is 1.36 bits per heavy atom. The number of carboxylic acid groups (broad SMARTS) is 1. The number of aliphatic carboxylic acids is 1. The van der Waals surface area contributed by atoms with Crippen LogP contribution in [0.15, 0.2) is 0 Å². The van der Waals surface area contributed by atoms with Gasteiger partial charge in [-0.3, -0.25) is 4.79 Å². The summed E-state index contributed by atoms with van der Waals surface area (Å²) in [7, 11) is 0. The number of halogens is 3. The van der Waals surface area contributed by atoms with E-state index < -0.39 is 23.7 Å². The maximum atomic E-state index is 10.6. The third-order valence-electron chi connectivity index (χ3n) is 0.845. The third-order valence-corrected chi connectivity index (χ3v) is 0.845. The van der Waals surface area contributed by atoms with Gasteiger partial charge in [0.25, 0.3) is 0 Å². The summed E-state index contributed by atoms with van der Waals surface area (Å²) in [6.07, 6.45) is -5.08. The van der Waals surface area contributed by atoms with Gasteiger partial charge in [-0.25, -0.2) is 4.79 Å². The van der Waals surface area contributed by atoms with Gasteiger partial charge in [0.15, 0.2) is 0 Å². The van der Waals surface area contributed by atoms with Gasteiger partial charge >= 0.3 is 12.1 Å². The molecule has 0 aliphatic heterocycles. The molecule has 0 saturated heterocycles. The van der Waals surface area contributed by atoms with Crippen molar-refractivity contribution in [2.24, 2.45) is 5.73 Å². The minimum Gasteiger partial charge on any atom is -0.475 e. The van der Waals surface area contributed by atoms with Crippen LogP contribution in [0.5, 0.6) is 0 Å². The van der Waals surface area contributed by atoms with E-state index in [9.17, 15) is 18.0 Å². The molecule has 0 heterocycles. The SMILES string of the molecule is CC(C)(O)C(N)=O.O=C(O)C(F)(F)F. The average molecular weight is 217 g/mol. The Hall–Kier alpha value is -1.31. The molecule has 0 fully saturated rings. The van der Waals surface area contributed by atoms with E-state index >= 15 is 0 Å². The Labute approximate surface area is 77.3 Å². The molecule has 0 aromatic heterocycles. The number of carbonyl (C=O) groups excluding carboxylic acids is 1. The first-order valence-corrected chi connectivity index (χ1v) is 3.21. The van der Waals surface area contributed by atoms with E-state index in [1.807, 2.05) is 0 Å². The number of nitrogens with two attached hydrogens (primary N) is 1. The molecule has 84 valence electrons. The first kappa shape index (κ1) is 15.2. The molecule has 5 nitrogen and oxygen atoms in total. The minimum atomic E-state index is -5.08. The number of hydrogen-bond donors (Lipinski definition) is 3. The van der Waals surface area contributed by atoms with E-state index in [0.717, 1.165) is 0 Å². The minimum absolute atomic E-state index is 0.701. The van der Waals surface area contributed by atoms with Crippen molar-refractivity contribution in [3.63, 3.8) is 0 Å². The predicted molar refractivity (Wildman–Crippen MR) is 39.2 cm³/mol. The molecular formula is C6H10F3NO4. The Morgan fingerprint density at radius 1 is 1.21 bits per heavy atom. The van der Waals surface area contributed by atoms with Gasteiger partial charge < -0.3 is 15.9 Å². The zero-order valence-corrected chi connectivity index (χ0v) is 7.42. The lowest BCUT2D eigenvalue weighted by Crippen LogP contribution is -2.37. The van der Waals surface area contributed by atoms with Crippen LogP contribution in [0.1, 0.15) is 13.8 Å². The van der Waals surface area contributed by atoms with Crippen LogP contribution in [0.25, 0.3) is 0 Å². The lowest BCUT2D eigenvalue weighted by atomic mass is 10.1. The number of carbonyl (C=O) groups is 2. The van der Waals surface area contributed by atoms with Gasteiger partial charge in [0, 0.05) is 0 Å². The molecule has 0 aliphatic rings. The predicted octanol–water partition coefficient (Wildman–Crippen LogP) is -0.124. The fraction of sp³-hybridized carbons (Fsp3) is 0.667. The van der Waals surface area contributed by atoms with Gasteiger partial charge in [-0.15, -0.1) is 0 Å². The van der Waals surface area contributed by atoms with Crippen molar-refractivity contribution in [1.29, 1.82) is 0 Å². The number of hydrogen-bond acceptors (Lipinski definition) is 3. The molecule has 0 atom stereocenters. The quantitative estimate of drug-likeness (QED) is 0.569. The van der Waals surface area contributed by atoms with Crippen LogP contribution in [0.2, 0.25) is 0 Å². The van der Waals surface area contributed by atoms with Crippen molar-refractivity contribution < 1.29 is 33.0 Å². The zero-order chi connectivity index (χ0) is 12.2. The van der Waals surface area contributed by atoms with Crippen molar-refractivity contribution in [3.05, 3.63) is 0 Å². The molecule has 14 heavy (non-hydrogen) atoms. The normalized spacial score (nSPS) is 11.3. The second-order valence-corrected chi connectivity index (χ2v) is 2.73. The standard InChI is InChI=1S/C4H9NO2.C2HF3O2/c1-4(2,7)3(5)6;3-2(4,5)1(6)7/h7H,1-2H3,(H2,5,6);(H,6,7). The molecule has 0 radical (unpaired) electrons. The molecule has 1 amide bonds. The van der Waals surface area contributed by atoms with Crippen LogP contribution in [0.4, 0.5) is 13.2 Å². The summed E-state index contributed by atoms with van der Waals surface area (Å²) in [5, 5.41) is 15.7. The number of amides is 1. The second-order valence-electron chi connectivity index (χ2n) is 2.73. The maximum absolute atomic E-state index is 10.6. The highest BCUT2D eigenvalue weighted by Crippen LogP contribution is 2.13. The van der Waals surface area contributed by atoms with Crippen LogP contribution in [-0.2, 0) is 9.59 Å². The first-order chi connectivity index (χ1) is 5.89. The van der Waals surface area contributed by atoms with Crippen LogP contribution in [-0.4, -0.2) is 33.9 Å². The summed E-state index contributed by atoms with van der Waals surface area (Å²) >= 11 is 0. The van der Waals surface area contributed by atoms with Crippen LogP contribution >= 0.6 is 0 Å². The van der Waals surface area contributed by atoms with E-state index in [0.29, 0.717) is 0 Å². The van der Waals surface area contributed by atoms with E-state index in [4.69, 9.17) is 15.0 Å². The number of rotatable bonds is 1. The summed E-state index contributed by atoms with van der Waals surface area (Å²) < 4.78 is 31.7. The van der Waals surface area contributed by atoms with Gasteiger partial charge in [0.2, 0.25) is 5.91 Å². The Morgan fingerprint density at radius 2 is 1.36 bits per heavy atom. The molecule has 8 heteroatoms. The summed E-state index contributed by atoms with van der Waals surface area (Å²) in [4.78, 5) is 18.9. The topological polar surface area (TPSA) is 101 Å². The van der Waals surface area contributed by atoms with Crippen molar-refractivity contribution in [3.8, 4) is 0 Å². The number of aliphatic hydroxyl groups is 1. The third kappa shape index (κ3) is 8.78. The van der Waals surface area contributed by atoms with E-state index in [1.54, 1.807) is 0 Å². The monoisotopic (exact) mass is 217 g/mol. The van der Waals surface area contributed by atoms with Crippen molar-refractivity contribution >= 4 is 11.9 Å². The lowest BCUT2D eigenvalue weighted by Gasteiger charge is -2.09. The van der Waals surface area contributed by atoms with E-state index in [-0.39, 0.29) is 0 Å². The molecule has 0 rings (SSSR count). The van der Waals surface area contributed by atoms with Crippen molar-refractivity contribution in [2.75, 3.05) is 0 Å². The fourth-order valence-electron chi connectivity index (χ4n) is 0. The molecule has 0 aromatic rings. The van der Waals surface area contributed by atoms with E-state index in [2.05, 4.69) is 5.73 Å². The van der Waals surface area contributed by atoms with Gasteiger partial charge in [0.05, 0.1) is 0 Å². The van der Waals surface area contributed by atoms with Crippen molar-refractivity contribution in [2.45, 2.75) is 25.6 Å². The average Bonchev–Trinajstić information content (AvgIpc) is 1.83.